The van der Waals surface area contributed by atoms with Crippen molar-refractivity contribution in [3.05, 3.63) is 34.9 Å². The Balaban J connectivity index is 1.82. The molecule has 0 fully saturated rings. The Labute approximate surface area is 121 Å². The second-order valence-electron chi connectivity index (χ2n) is 4.36. The van der Waals surface area contributed by atoms with Crippen LogP contribution in [0, 0.1) is 0 Å². The predicted molar refractivity (Wildman–Crippen MR) is 73.0 cm³/mol. The number of hydrogen-bond donors (Lipinski definition) is 1. The summed E-state index contributed by atoms with van der Waals surface area (Å²) >= 11 is 5.93. The molecule has 1 aliphatic heterocycles. The van der Waals surface area contributed by atoms with Gasteiger partial charge < -0.3 is 24.5 Å². The number of hydrogen-bond acceptors (Lipinski definition) is 5. The van der Waals surface area contributed by atoms with Crippen LogP contribution in [0.25, 0.3) is 0 Å². The van der Waals surface area contributed by atoms with Crippen molar-refractivity contribution in [2.24, 2.45) is 12.8 Å². The van der Waals surface area contributed by atoms with Gasteiger partial charge in [-0.05, 0) is 6.07 Å². The van der Waals surface area contributed by atoms with Gasteiger partial charge in [0.1, 0.15) is 23.3 Å². The third-order valence-electron chi connectivity index (χ3n) is 3.16. The Morgan fingerprint density at radius 2 is 2.15 bits per heavy atom. The Kier molecular flexibility index (Phi) is 3.42. The molecule has 0 unspecified atom stereocenters. The lowest BCUT2D eigenvalue weighted by molar-refractivity contribution is 0.173. The summed E-state index contributed by atoms with van der Waals surface area (Å²) in [4.78, 5) is 4.18. The summed E-state index contributed by atoms with van der Waals surface area (Å²) in [5.74, 6) is 2.75. The zero-order valence-corrected chi connectivity index (χ0v) is 11.7. The topological polar surface area (TPSA) is 71.5 Å². The lowest BCUT2D eigenvalue weighted by Crippen LogP contribution is -2.06. The quantitative estimate of drug-likeness (QED) is 0.932. The molecule has 3 rings (SSSR count). The first kappa shape index (κ1) is 13.1. The van der Waals surface area contributed by atoms with Gasteiger partial charge in [0, 0.05) is 25.2 Å². The molecule has 1 aromatic heterocycles. The minimum atomic E-state index is 0.220. The van der Waals surface area contributed by atoms with E-state index in [1.807, 2.05) is 13.1 Å². The van der Waals surface area contributed by atoms with E-state index in [4.69, 9.17) is 31.5 Å². The normalized spacial score (nSPS) is 12.8. The van der Waals surface area contributed by atoms with Gasteiger partial charge in [-0.15, -0.1) is 0 Å². The van der Waals surface area contributed by atoms with Crippen molar-refractivity contribution in [1.82, 2.24) is 9.55 Å². The molecule has 1 aliphatic rings. The van der Waals surface area contributed by atoms with Crippen LogP contribution in [-0.2, 0) is 20.2 Å². The first-order chi connectivity index (χ1) is 9.69. The summed E-state index contributed by atoms with van der Waals surface area (Å²) in [7, 11) is 1.83. The standard InChI is InChI=1S/C13H14ClN3O3/c1-17-12(14)5-16-13(17)6-18-9-3-11-10(19-7-20-11)2-8(9)4-15/h2-3,5H,4,6-7,15H2,1H3. The molecule has 0 saturated heterocycles. The zero-order chi connectivity index (χ0) is 14.1. The predicted octanol–water partition coefficient (Wildman–Crippen LogP) is 1.84. The van der Waals surface area contributed by atoms with Gasteiger partial charge in [-0.1, -0.05) is 11.6 Å². The molecule has 2 heterocycles. The Morgan fingerprint density at radius 3 is 2.80 bits per heavy atom. The van der Waals surface area contributed by atoms with E-state index in [0.717, 1.165) is 11.4 Å². The van der Waals surface area contributed by atoms with E-state index < -0.39 is 0 Å². The summed E-state index contributed by atoms with van der Waals surface area (Å²) in [6.45, 7) is 0.876. The fourth-order valence-corrected chi connectivity index (χ4v) is 2.11. The molecule has 0 bridgehead atoms. The first-order valence-corrected chi connectivity index (χ1v) is 6.48. The van der Waals surface area contributed by atoms with Gasteiger partial charge in [0.05, 0.1) is 6.20 Å². The van der Waals surface area contributed by atoms with Crippen molar-refractivity contribution in [3.63, 3.8) is 0 Å². The van der Waals surface area contributed by atoms with Crippen molar-refractivity contribution in [2.45, 2.75) is 13.2 Å². The number of benzene rings is 1. The maximum absolute atomic E-state index is 5.93. The van der Waals surface area contributed by atoms with Gasteiger partial charge in [-0.3, -0.25) is 0 Å². The number of halogens is 1. The number of imidazole rings is 1. The summed E-state index contributed by atoms with van der Waals surface area (Å²) in [6, 6.07) is 3.62. The number of ether oxygens (including phenoxy) is 3. The van der Waals surface area contributed by atoms with Crippen molar-refractivity contribution < 1.29 is 14.2 Å². The zero-order valence-electron chi connectivity index (χ0n) is 10.9. The van der Waals surface area contributed by atoms with Gasteiger partial charge >= 0.3 is 0 Å². The summed E-state index contributed by atoms with van der Waals surface area (Å²) in [5, 5.41) is 0.563. The monoisotopic (exact) mass is 295 g/mol. The van der Waals surface area contributed by atoms with Gasteiger partial charge in [-0.2, -0.15) is 0 Å². The molecule has 0 amide bonds. The van der Waals surface area contributed by atoms with Crippen LogP contribution in [0.3, 0.4) is 0 Å². The number of aromatic nitrogens is 2. The van der Waals surface area contributed by atoms with E-state index in [9.17, 15) is 0 Å². The van der Waals surface area contributed by atoms with Crippen LogP contribution in [0.2, 0.25) is 5.15 Å². The van der Waals surface area contributed by atoms with Gasteiger partial charge in [0.25, 0.3) is 0 Å². The number of fused-ring (bicyclic) bond motifs is 1. The van der Waals surface area contributed by atoms with Gasteiger partial charge in [0.2, 0.25) is 6.79 Å². The second kappa shape index (κ2) is 5.22. The highest BCUT2D eigenvalue weighted by Gasteiger charge is 2.18. The molecule has 2 N–H and O–H groups in total. The number of nitrogens with zero attached hydrogens (tertiary/aromatic N) is 2. The second-order valence-corrected chi connectivity index (χ2v) is 4.75. The summed E-state index contributed by atoms with van der Waals surface area (Å²) in [6.07, 6.45) is 1.59. The SMILES string of the molecule is Cn1c(Cl)cnc1COc1cc2c(cc1CN)OCO2. The molecule has 20 heavy (non-hydrogen) atoms. The van der Waals surface area contributed by atoms with Crippen LogP contribution in [0.5, 0.6) is 17.2 Å². The number of nitrogens with two attached hydrogens (primary N) is 1. The maximum Gasteiger partial charge on any atom is 0.231 e. The molecule has 106 valence electrons. The van der Waals surface area contributed by atoms with Crippen LogP contribution in [0.1, 0.15) is 11.4 Å². The van der Waals surface area contributed by atoms with E-state index >= 15 is 0 Å². The third-order valence-corrected chi connectivity index (χ3v) is 3.51. The molecule has 6 nitrogen and oxygen atoms in total. The Bertz CT molecular complexity index is 642. The summed E-state index contributed by atoms with van der Waals surface area (Å²) in [5.41, 5.74) is 6.59. The van der Waals surface area contributed by atoms with Crippen molar-refractivity contribution in [3.8, 4) is 17.2 Å². The van der Waals surface area contributed by atoms with E-state index in [2.05, 4.69) is 4.98 Å². The molecular formula is C13H14ClN3O3. The van der Waals surface area contributed by atoms with Crippen molar-refractivity contribution in [2.75, 3.05) is 6.79 Å². The highest BCUT2D eigenvalue weighted by atomic mass is 35.5. The fourth-order valence-electron chi connectivity index (χ4n) is 1.96. The minimum Gasteiger partial charge on any atom is -0.485 e. The van der Waals surface area contributed by atoms with Crippen LogP contribution in [0.15, 0.2) is 18.3 Å². The Hall–Kier alpha value is -1.92. The van der Waals surface area contributed by atoms with Gasteiger partial charge in [-0.25, -0.2) is 4.98 Å². The van der Waals surface area contributed by atoms with Gasteiger partial charge in [0.15, 0.2) is 11.5 Å². The molecule has 0 spiro atoms. The molecule has 0 aliphatic carbocycles. The highest BCUT2D eigenvalue weighted by Crippen LogP contribution is 2.38. The van der Waals surface area contributed by atoms with E-state index in [1.165, 1.54) is 0 Å². The molecule has 7 heteroatoms. The molecule has 0 radical (unpaired) electrons. The third kappa shape index (κ3) is 2.28. The molecule has 0 atom stereocenters. The minimum absolute atomic E-state index is 0.220. The van der Waals surface area contributed by atoms with Crippen LogP contribution < -0.4 is 19.9 Å². The van der Waals surface area contributed by atoms with Crippen LogP contribution in [-0.4, -0.2) is 16.3 Å². The smallest absolute Gasteiger partial charge is 0.231 e. The Morgan fingerprint density at radius 1 is 1.40 bits per heavy atom. The van der Waals surface area contributed by atoms with Crippen molar-refractivity contribution in [1.29, 1.82) is 0 Å². The van der Waals surface area contributed by atoms with Crippen LogP contribution >= 0.6 is 11.6 Å². The van der Waals surface area contributed by atoms with Crippen LogP contribution in [0.4, 0.5) is 0 Å². The lowest BCUT2D eigenvalue weighted by Gasteiger charge is -2.11. The van der Waals surface area contributed by atoms with Crippen molar-refractivity contribution >= 4 is 11.6 Å². The maximum atomic E-state index is 5.93. The molecular weight excluding hydrogens is 282 g/mol. The molecule has 2 aromatic rings. The number of rotatable bonds is 4. The lowest BCUT2D eigenvalue weighted by atomic mass is 10.2. The fraction of sp³-hybridized carbons (Fsp3) is 0.308. The van der Waals surface area contributed by atoms with E-state index in [0.29, 0.717) is 35.6 Å². The first-order valence-electron chi connectivity index (χ1n) is 6.10. The summed E-state index contributed by atoms with van der Waals surface area (Å²) < 4.78 is 18.2. The molecule has 1 aromatic carbocycles. The van der Waals surface area contributed by atoms with E-state index in [-0.39, 0.29) is 6.79 Å². The van der Waals surface area contributed by atoms with E-state index in [1.54, 1.807) is 16.8 Å². The highest BCUT2D eigenvalue weighted by molar-refractivity contribution is 6.29. The average Bonchev–Trinajstić information content (AvgIpc) is 3.03. The largest absolute Gasteiger partial charge is 0.485 e. The average molecular weight is 296 g/mol. The molecule has 0 saturated carbocycles.